The highest BCUT2D eigenvalue weighted by Crippen LogP contribution is 2.18. The first kappa shape index (κ1) is 11.6. The average molecular weight is 247 g/mol. The van der Waals surface area contributed by atoms with Crippen molar-refractivity contribution >= 4 is 22.9 Å². The van der Waals surface area contributed by atoms with Crippen molar-refractivity contribution in [3.05, 3.63) is 48.2 Å². The Morgan fingerprint density at radius 2 is 2.29 bits per heavy atom. The molecule has 0 aliphatic rings. The molecule has 1 unspecified atom stereocenters. The Hall–Kier alpha value is -1.88. The third-order valence-electron chi connectivity index (χ3n) is 2.37. The zero-order valence-corrected chi connectivity index (χ0v) is 10.2. The summed E-state index contributed by atoms with van der Waals surface area (Å²) in [6, 6.07) is 7.55. The molecule has 0 fully saturated rings. The Kier molecular flexibility index (Phi) is 3.39. The fourth-order valence-corrected chi connectivity index (χ4v) is 1.60. The highest BCUT2D eigenvalue weighted by atomic mass is 32.1. The Labute approximate surface area is 105 Å². The molecule has 5 heteroatoms. The van der Waals surface area contributed by atoms with Gasteiger partial charge in [0.05, 0.1) is 29.9 Å². The summed E-state index contributed by atoms with van der Waals surface area (Å²) in [7, 11) is 0. The number of hydrogen-bond acceptors (Lipinski definition) is 4. The second kappa shape index (κ2) is 4.97. The summed E-state index contributed by atoms with van der Waals surface area (Å²) in [6.45, 7) is 2.01. The van der Waals surface area contributed by atoms with Gasteiger partial charge >= 0.3 is 0 Å². The maximum Gasteiger partial charge on any atom is 0.125 e. The topological polar surface area (TPSA) is 64.1 Å². The molecule has 0 spiro atoms. The minimum absolute atomic E-state index is 0.0856. The van der Waals surface area contributed by atoms with E-state index in [-0.39, 0.29) is 6.04 Å². The van der Waals surface area contributed by atoms with Crippen LogP contribution in [0, 0.1) is 0 Å². The van der Waals surface area contributed by atoms with Crippen molar-refractivity contribution in [2.24, 2.45) is 5.73 Å². The van der Waals surface area contributed by atoms with Crippen LogP contribution in [0.15, 0.2) is 41.1 Å². The molecule has 88 valence electrons. The van der Waals surface area contributed by atoms with E-state index in [2.05, 4.69) is 10.3 Å². The van der Waals surface area contributed by atoms with Crippen LogP contribution in [0.3, 0.4) is 0 Å². The van der Waals surface area contributed by atoms with E-state index in [1.54, 1.807) is 18.5 Å². The first-order valence-electron chi connectivity index (χ1n) is 5.22. The lowest BCUT2D eigenvalue weighted by Gasteiger charge is -2.12. The Morgan fingerprint density at radius 1 is 1.47 bits per heavy atom. The zero-order chi connectivity index (χ0) is 12.3. The molecular weight excluding hydrogens is 234 g/mol. The molecule has 0 saturated carbocycles. The molecule has 17 heavy (non-hydrogen) atoms. The molecule has 0 radical (unpaired) electrons. The van der Waals surface area contributed by atoms with Crippen LogP contribution in [0.4, 0.5) is 5.69 Å². The lowest BCUT2D eigenvalue weighted by atomic mass is 10.2. The second-order valence-corrected chi connectivity index (χ2v) is 4.12. The van der Waals surface area contributed by atoms with Crippen LogP contribution < -0.4 is 11.1 Å². The summed E-state index contributed by atoms with van der Waals surface area (Å²) in [5, 5.41) is 3.27. The molecule has 2 rings (SSSR count). The van der Waals surface area contributed by atoms with Gasteiger partial charge in [0, 0.05) is 0 Å². The highest BCUT2D eigenvalue weighted by molar-refractivity contribution is 7.80. The normalized spacial score (nSPS) is 12.1. The summed E-state index contributed by atoms with van der Waals surface area (Å²) in [4.78, 5) is 4.45. The largest absolute Gasteiger partial charge is 0.467 e. The number of pyridine rings is 1. The second-order valence-electron chi connectivity index (χ2n) is 3.68. The third-order valence-corrected chi connectivity index (χ3v) is 2.58. The summed E-state index contributed by atoms with van der Waals surface area (Å²) in [5.41, 5.74) is 6.99. The van der Waals surface area contributed by atoms with Gasteiger partial charge in [0.25, 0.3) is 0 Å². The first-order valence-corrected chi connectivity index (χ1v) is 5.63. The summed E-state index contributed by atoms with van der Waals surface area (Å²) in [5.74, 6) is 0.878. The molecule has 2 aromatic heterocycles. The van der Waals surface area contributed by atoms with E-state index in [9.17, 15) is 0 Å². The summed E-state index contributed by atoms with van der Waals surface area (Å²) >= 11 is 4.84. The SMILES string of the molecule is CC(Nc1ccc(C(N)=S)nc1)c1ccco1. The standard InChI is InChI=1S/C12H13N3OS/c1-8(11-3-2-6-16-11)15-9-4-5-10(12(13)17)14-7-9/h2-8,15H,1H3,(H2,13,17). The number of nitrogens with two attached hydrogens (primary N) is 1. The van der Waals surface area contributed by atoms with Crippen molar-refractivity contribution in [3.63, 3.8) is 0 Å². The zero-order valence-electron chi connectivity index (χ0n) is 9.38. The van der Waals surface area contributed by atoms with Crippen molar-refractivity contribution < 1.29 is 4.42 Å². The van der Waals surface area contributed by atoms with Crippen LogP contribution in [-0.4, -0.2) is 9.97 Å². The van der Waals surface area contributed by atoms with Crippen molar-refractivity contribution in [3.8, 4) is 0 Å². The van der Waals surface area contributed by atoms with Gasteiger partial charge in [-0.1, -0.05) is 12.2 Å². The number of nitrogens with one attached hydrogen (secondary N) is 1. The number of rotatable bonds is 4. The molecule has 4 nitrogen and oxygen atoms in total. The van der Waals surface area contributed by atoms with Crippen molar-refractivity contribution in [2.75, 3.05) is 5.32 Å². The predicted molar refractivity (Wildman–Crippen MR) is 70.9 cm³/mol. The Bertz CT molecular complexity index is 493. The molecule has 0 aliphatic carbocycles. The molecule has 2 aromatic rings. The number of furan rings is 1. The van der Waals surface area contributed by atoms with Crippen LogP contribution in [-0.2, 0) is 0 Å². The molecule has 0 aromatic carbocycles. The minimum Gasteiger partial charge on any atom is -0.467 e. The van der Waals surface area contributed by atoms with Gasteiger partial charge < -0.3 is 15.5 Å². The molecule has 0 bridgehead atoms. The van der Waals surface area contributed by atoms with Crippen molar-refractivity contribution in [2.45, 2.75) is 13.0 Å². The van der Waals surface area contributed by atoms with E-state index in [0.29, 0.717) is 10.7 Å². The van der Waals surface area contributed by atoms with E-state index in [0.717, 1.165) is 11.4 Å². The lowest BCUT2D eigenvalue weighted by molar-refractivity contribution is 0.490. The van der Waals surface area contributed by atoms with E-state index in [1.165, 1.54) is 0 Å². The monoisotopic (exact) mass is 247 g/mol. The van der Waals surface area contributed by atoms with E-state index in [1.807, 2.05) is 25.1 Å². The maximum atomic E-state index is 5.48. The fourth-order valence-electron chi connectivity index (χ4n) is 1.48. The van der Waals surface area contributed by atoms with Crippen LogP contribution in [0.5, 0.6) is 0 Å². The molecular formula is C12H13N3OS. The highest BCUT2D eigenvalue weighted by Gasteiger charge is 2.08. The predicted octanol–water partition coefficient (Wildman–Crippen LogP) is 2.48. The van der Waals surface area contributed by atoms with Gasteiger partial charge in [0.1, 0.15) is 10.7 Å². The van der Waals surface area contributed by atoms with E-state index < -0.39 is 0 Å². The van der Waals surface area contributed by atoms with Crippen LogP contribution in [0.1, 0.15) is 24.4 Å². The maximum absolute atomic E-state index is 5.48. The van der Waals surface area contributed by atoms with Gasteiger partial charge in [-0.25, -0.2) is 0 Å². The average Bonchev–Trinajstić information content (AvgIpc) is 2.83. The Balaban J connectivity index is 2.06. The molecule has 0 aliphatic heterocycles. The number of anilines is 1. The molecule has 0 saturated heterocycles. The van der Waals surface area contributed by atoms with Crippen LogP contribution >= 0.6 is 12.2 Å². The summed E-state index contributed by atoms with van der Waals surface area (Å²) in [6.07, 6.45) is 3.36. The summed E-state index contributed by atoms with van der Waals surface area (Å²) < 4.78 is 5.31. The van der Waals surface area contributed by atoms with E-state index >= 15 is 0 Å². The smallest absolute Gasteiger partial charge is 0.125 e. The molecule has 1 atom stereocenters. The van der Waals surface area contributed by atoms with Gasteiger partial charge in [0.15, 0.2) is 0 Å². The van der Waals surface area contributed by atoms with Gasteiger partial charge in [-0.05, 0) is 31.2 Å². The Morgan fingerprint density at radius 3 is 2.82 bits per heavy atom. The minimum atomic E-state index is 0.0856. The van der Waals surface area contributed by atoms with Gasteiger partial charge in [-0.2, -0.15) is 0 Å². The fraction of sp³-hybridized carbons (Fsp3) is 0.167. The van der Waals surface area contributed by atoms with Crippen LogP contribution in [0.2, 0.25) is 0 Å². The van der Waals surface area contributed by atoms with Gasteiger partial charge in [-0.15, -0.1) is 0 Å². The number of aromatic nitrogens is 1. The van der Waals surface area contributed by atoms with Crippen LogP contribution in [0.25, 0.3) is 0 Å². The van der Waals surface area contributed by atoms with E-state index in [4.69, 9.17) is 22.4 Å². The first-order chi connectivity index (χ1) is 8.16. The molecule has 2 heterocycles. The van der Waals surface area contributed by atoms with Gasteiger partial charge in [-0.3, -0.25) is 4.98 Å². The third kappa shape index (κ3) is 2.82. The number of hydrogen-bond donors (Lipinski definition) is 2. The molecule has 0 amide bonds. The van der Waals surface area contributed by atoms with Gasteiger partial charge in [0.2, 0.25) is 0 Å². The van der Waals surface area contributed by atoms with Crippen molar-refractivity contribution in [1.82, 2.24) is 4.98 Å². The van der Waals surface area contributed by atoms with Crippen molar-refractivity contribution in [1.29, 1.82) is 0 Å². The number of nitrogens with zero attached hydrogens (tertiary/aromatic N) is 1. The quantitative estimate of drug-likeness (QED) is 0.813. The number of thiocarbonyl (C=S) groups is 1. The molecule has 3 N–H and O–H groups in total. The lowest BCUT2D eigenvalue weighted by Crippen LogP contribution is -2.12.